The average molecular weight is 507 g/mol. The van der Waals surface area contributed by atoms with Gasteiger partial charge in [0, 0.05) is 6.61 Å². The molecule has 0 aliphatic rings. The van der Waals surface area contributed by atoms with Crippen LogP contribution in [0.1, 0.15) is 138 Å². The van der Waals surface area contributed by atoms with E-state index in [0.29, 0.717) is 6.61 Å². The summed E-state index contributed by atoms with van der Waals surface area (Å²) in [5.74, 6) is 0. The molecule has 1 N–H and O–H groups in total. The molecule has 0 spiro atoms. The van der Waals surface area contributed by atoms with Gasteiger partial charge in [0.25, 0.3) is 0 Å². The Bertz CT molecular complexity index is 203. The molecule has 0 aromatic rings. The van der Waals surface area contributed by atoms with Crippen LogP contribution in [0.15, 0.2) is 0 Å². The van der Waals surface area contributed by atoms with Crippen molar-refractivity contribution >= 4 is 0 Å². The van der Waals surface area contributed by atoms with Gasteiger partial charge in [0.15, 0.2) is 0 Å². The zero-order valence-electron chi connectivity index (χ0n) is 24.1. The van der Waals surface area contributed by atoms with Crippen molar-refractivity contribution in [3.05, 3.63) is 16.0 Å². The minimum Gasteiger partial charge on any atom is -0.662 e. The quantitative estimate of drug-likeness (QED) is 0.130. The van der Waals surface area contributed by atoms with Gasteiger partial charge in [-0.1, -0.05) is 132 Å². The van der Waals surface area contributed by atoms with E-state index >= 15 is 0 Å². The van der Waals surface area contributed by atoms with Crippen molar-refractivity contribution in [3.8, 4) is 0 Å². The van der Waals surface area contributed by atoms with Crippen LogP contribution in [0.3, 0.4) is 0 Å². The molecule has 0 rings (SSSR count). The number of hydrogen-bond acceptors (Lipinski definition) is 1. The molecule has 5 heteroatoms. The standard InChI is InChI=1S/C10H22O.3C6H14N.Ti/c1-2-3-4-5-6-7-8-9-10-11;3*1-3-5-7-6-4-2;/h11H,2-10H2,1H3;3*3-6H2,1-2H3;/q;3*-1;+3. The van der Waals surface area contributed by atoms with E-state index in [9.17, 15) is 0 Å². The van der Waals surface area contributed by atoms with Gasteiger partial charge in [-0.25, -0.2) is 0 Å². The Morgan fingerprint density at radius 2 is 0.606 bits per heavy atom. The van der Waals surface area contributed by atoms with E-state index in [4.69, 9.17) is 5.11 Å². The molecular weight excluding hydrogens is 442 g/mol. The molecule has 0 aromatic heterocycles. The third-order valence-electron chi connectivity index (χ3n) is 4.30. The van der Waals surface area contributed by atoms with Crippen molar-refractivity contribution < 1.29 is 26.8 Å². The molecule has 0 saturated heterocycles. The van der Waals surface area contributed by atoms with E-state index < -0.39 is 0 Å². The molecule has 33 heavy (non-hydrogen) atoms. The predicted molar refractivity (Wildman–Crippen MR) is 151 cm³/mol. The Morgan fingerprint density at radius 1 is 0.364 bits per heavy atom. The molecule has 0 aliphatic carbocycles. The Hall–Kier alpha value is 0.554. The minimum atomic E-state index is 0. The molecule has 0 atom stereocenters. The van der Waals surface area contributed by atoms with E-state index in [-0.39, 0.29) is 21.7 Å². The zero-order chi connectivity index (χ0) is 25.0. The van der Waals surface area contributed by atoms with Crippen LogP contribution >= 0.6 is 0 Å². The number of nitrogens with zero attached hydrogens (tertiary/aromatic N) is 3. The van der Waals surface area contributed by atoms with E-state index in [1.165, 1.54) is 83.5 Å². The minimum absolute atomic E-state index is 0. The van der Waals surface area contributed by atoms with Gasteiger partial charge in [0.05, 0.1) is 0 Å². The van der Waals surface area contributed by atoms with E-state index in [1.54, 1.807) is 0 Å². The molecule has 0 unspecified atom stereocenters. The summed E-state index contributed by atoms with van der Waals surface area (Å²) in [4.78, 5) is 0. The zero-order valence-corrected chi connectivity index (χ0v) is 25.7. The Morgan fingerprint density at radius 3 is 0.818 bits per heavy atom. The van der Waals surface area contributed by atoms with Crippen LogP contribution < -0.4 is 0 Å². The van der Waals surface area contributed by atoms with Gasteiger partial charge in [-0.3, -0.25) is 0 Å². The third kappa shape index (κ3) is 71.9. The molecular formula is C28H64N3OTi. The number of aliphatic hydroxyl groups excluding tert-OH is 1. The van der Waals surface area contributed by atoms with E-state index in [0.717, 1.165) is 45.7 Å². The first-order chi connectivity index (χ1) is 15.7. The van der Waals surface area contributed by atoms with E-state index in [1.807, 2.05) is 0 Å². The molecule has 0 aromatic carbocycles. The maximum Gasteiger partial charge on any atom is 3.00 e. The number of hydrogen-bond donors (Lipinski definition) is 1. The first kappa shape index (κ1) is 43.6. The van der Waals surface area contributed by atoms with Crippen LogP contribution in [-0.4, -0.2) is 51.0 Å². The van der Waals surface area contributed by atoms with Gasteiger partial charge in [0.1, 0.15) is 0 Å². The molecule has 0 bridgehead atoms. The fourth-order valence-corrected chi connectivity index (χ4v) is 2.53. The second-order valence-electron chi connectivity index (χ2n) is 8.21. The maximum absolute atomic E-state index is 8.51. The molecule has 4 nitrogen and oxygen atoms in total. The number of unbranched alkanes of at least 4 members (excludes halogenated alkanes) is 7. The molecule has 0 aliphatic heterocycles. The summed E-state index contributed by atoms with van der Waals surface area (Å²) in [5.41, 5.74) is 0. The summed E-state index contributed by atoms with van der Waals surface area (Å²) in [7, 11) is 0. The van der Waals surface area contributed by atoms with Crippen molar-refractivity contribution in [3.63, 3.8) is 0 Å². The Kier molecular flexibility index (Phi) is 71.1. The van der Waals surface area contributed by atoms with Crippen LogP contribution in [0.5, 0.6) is 0 Å². The Labute approximate surface area is 226 Å². The SMILES string of the molecule is CCCCCCCCCCO.CCC[N-]CCC.CCC[N-]CCC.CCC[N-]CCC.[Ti+3]. The maximum atomic E-state index is 8.51. The van der Waals surface area contributed by atoms with Gasteiger partial charge in [-0.15, -0.1) is 39.3 Å². The Balaban J connectivity index is -0.000000107. The number of rotatable bonds is 20. The molecule has 0 saturated carbocycles. The molecule has 0 heterocycles. The molecule has 0 amide bonds. The van der Waals surface area contributed by atoms with Gasteiger partial charge in [0.2, 0.25) is 0 Å². The predicted octanol–water partition coefficient (Wildman–Crippen LogP) is 9.66. The molecule has 201 valence electrons. The van der Waals surface area contributed by atoms with Crippen LogP contribution in [0.2, 0.25) is 0 Å². The summed E-state index contributed by atoms with van der Waals surface area (Å²) >= 11 is 0. The summed E-state index contributed by atoms with van der Waals surface area (Å²) in [6.45, 7) is 21.8. The van der Waals surface area contributed by atoms with Gasteiger partial charge >= 0.3 is 21.7 Å². The van der Waals surface area contributed by atoms with Crippen molar-refractivity contribution in [2.45, 2.75) is 138 Å². The molecule has 1 radical (unpaired) electrons. The summed E-state index contributed by atoms with van der Waals surface area (Å²) < 4.78 is 0. The average Bonchev–Trinajstić information content (AvgIpc) is 2.81. The van der Waals surface area contributed by atoms with E-state index in [2.05, 4.69) is 64.4 Å². The van der Waals surface area contributed by atoms with Crippen molar-refractivity contribution in [2.24, 2.45) is 0 Å². The summed E-state index contributed by atoms with van der Waals surface area (Å²) in [5, 5.41) is 21.1. The normalized spacial score (nSPS) is 9.45. The first-order valence-corrected chi connectivity index (χ1v) is 14.2. The van der Waals surface area contributed by atoms with Crippen molar-refractivity contribution in [1.29, 1.82) is 0 Å². The van der Waals surface area contributed by atoms with Gasteiger partial charge in [-0.2, -0.15) is 0 Å². The van der Waals surface area contributed by atoms with Crippen molar-refractivity contribution in [1.82, 2.24) is 0 Å². The summed E-state index contributed by atoms with van der Waals surface area (Å²) in [6, 6.07) is 0. The van der Waals surface area contributed by atoms with Gasteiger partial charge < -0.3 is 21.1 Å². The largest absolute Gasteiger partial charge is 3.00 e. The van der Waals surface area contributed by atoms with Gasteiger partial charge in [-0.05, 0) is 6.42 Å². The summed E-state index contributed by atoms with van der Waals surface area (Å²) in [6.07, 6.45) is 17.5. The smallest absolute Gasteiger partial charge is 0.662 e. The fourth-order valence-electron chi connectivity index (χ4n) is 2.53. The van der Waals surface area contributed by atoms with Crippen LogP contribution in [-0.2, 0) is 21.7 Å². The number of aliphatic hydroxyl groups is 1. The fraction of sp³-hybridized carbons (Fsp3) is 1.00. The topological polar surface area (TPSA) is 62.5 Å². The second kappa shape index (κ2) is 53.8. The third-order valence-corrected chi connectivity index (χ3v) is 4.30. The molecule has 0 fully saturated rings. The van der Waals surface area contributed by atoms with Crippen LogP contribution in [0.4, 0.5) is 0 Å². The van der Waals surface area contributed by atoms with Crippen molar-refractivity contribution in [2.75, 3.05) is 45.9 Å². The van der Waals surface area contributed by atoms with Crippen LogP contribution in [0.25, 0.3) is 16.0 Å². The first-order valence-electron chi connectivity index (χ1n) is 14.2. The second-order valence-corrected chi connectivity index (χ2v) is 8.21. The monoisotopic (exact) mass is 506 g/mol. The van der Waals surface area contributed by atoms with Crippen LogP contribution in [0, 0.1) is 0 Å².